The van der Waals surface area contributed by atoms with Crippen molar-refractivity contribution in [1.29, 1.82) is 0 Å². The largest absolute Gasteiger partial charge is 0.409 e. The number of nitrogens with two attached hydrogens (primary N) is 1. The Labute approximate surface area is 124 Å². The molecule has 0 saturated carbocycles. The number of anilines is 1. The summed E-state index contributed by atoms with van der Waals surface area (Å²) in [6, 6.07) is 13.8. The third-order valence-electron chi connectivity index (χ3n) is 2.65. The predicted molar refractivity (Wildman–Crippen MR) is 81.0 cm³/mol. The SMILES string of the molecule is N/C(=N\O)c1cccc(C(=O)Nc2ccccc2Br)c1. The Morgan fingerprint density at radius 1 is 1.15 bits per heavy atom. The summed E-state index contributed by atoms with van der Waals surface area (Å²) in [5.41, 5.74) is 7.07. The second-order valence-corrected chi connectivity index (χ2v) is 4.85. The molecule has 0 radical (unpaired) electrons. The number of halogens is 1. The van der Waals surface area contributed by atoms with Crippen molar-refractivity contribution in [3.8, 4) is 0 Å². The number of hydrogen-bond donors (Lipinski definition) is 3. The molecule has 0 heterocycles. The van der Waals surface area contributed by atoms with E-state index in [2.05, 4.69) is 26.4 Å². The number of para-hydroxylation sites is 1. The van der Waals surface area contributed by atoms with Gasteiger partial charge in [0.2, 0.25) is 0 Å². The number of amidine groups is 1. The fraction of sp³-hybridized carbons (Fsp3) is 0. The smallest absolute Gasteiger partial charge is 0.255 e. The van der Waals surface area contributed by atoms with E-state index < -0.39 is 0 Å². The maximum absolute atomic E-state index is 12.2. The van der Waals surface area contributed by atoms with Crippen molar-refractivity contribution < 1.29 is 10.0 Å². The summed E-state index contributed by atoms with van der Waals surface area (Å²) in [6.45, 7) is 0. The van der Waals surface area contributed by atoms with Gasteiger partial charge in [-0.1, -0.05) is 29.4 Å². The van der Waals surface area contributed by atoms with Crippen molar-refractivity contribution in [2.24, 2.45) is 10.9 Å². The van der Waals surface area contributed by atoms with E-state index in [9.17, 15) is 4.79 Å². The van der Waals surface area contributed by atoms with Gasteiger partial charge in [-0.15, -0.1) is 0 Å². The lowest BCUT2D eigenvalue weighted by Gasteiger charge is -2.08. The first kappa shape index (κ1) is 14.1. The van der Waals surface area contributed by atoms with Gasteiger partial charge in [0.05, 0.1) is 5.69 Å². The Kier molecular flexibility index (Phi) is 4.37. The molecule has 4 N–H and O–H groups in total. The normalized spacial score (nSPS) is 11.2. The van der Waals surface area contributed by atoms with Crippen LogP contribution in [0, 0.1) is 0 Å². The fourth-order valence-corrected chi connectivity index (χ4v) is 2.02. The molecule has 0 saturated heterocycles. The Hall–Kier alpha value is -2.34. The molecule has 0 aromatic heterocycles. The van der Waals surface area contributed by atoms with Gasteiger partial charge < -0.3 is 16.3 Å². The number of rotatable bonds is 3. The standard InChI is InChI=1S/C14H12BrN3O2/c15-11-6-1-2-7-12(11)17-14(19)10-5-3-4-9(8-10)13(16)18-20/h1-8,20H,(H2,16,18)(H,17,19). The second kappa shape index (κ2) is 6.21. The van der Waals surface area contributed by atoms with Gasteiger partial charge in [-0.05, 0) is 40.2 Å². The Morgan fingerprint density at radius 2 is 1.85 bits per heavy atom. The number of nitrogens with one attached hydrogen (secondary N) is 1. The van der Waals surface area contributed by atoms with Gasteiger partial charge in [0.25, 0.3) is 5.91 Å². The molecule has 2 rings (SSSR count). The van der Waals surface area contributed by atoms with E-state index in [0.29, 0.717) is 16.8 Å². The van der Waals surface area contributed by atoms with E-state index in [1.807, 2.05) is 18.2 Å². The van der Waals surface area contributed by atoms with Crippen LogP contribution in [-0.4, -0.2) is 17.0 Å². The minimum Gasteiger partial charge on any atom is -0.409 e. The van der Waals surface area contributed by atoms with Gasteiger partial charge in [0.1, 0.15) is 0 Å². The monoisotopic (exact) mass is 333 g/mol. The zero-order valence-corrected chi connectivity index (χ0v) is 12.0. The highest BCUT2D eigenvalue weighted by Crippen LogP contribution is 2.22. The molecule has 1 amide bonds. The highest BCUT2D eigenvalue weighted by molar-refractivity contribution is 9.10. The predicted octanol–water partition coefficient (Wildman–Crippen LogP) is 2.80. The van der Waals surface area contributed by atoms with Crippen LogP contribution in [0.3, 0.4) is 0 Å². The van der Waals surface area contributed by atoms with E-state index in [-0.39, 0.29) is 11.7 Å². The van der Waals surface area contributed by atoms with Crippen molar-refractivity contribution >= 4 is 33.4 Å². The molecule has 102 valence electrons. The number of oxime groups is 1. The van der Waals surface area contributed by atoms with Gasteiger partial charge >= 0.3 is 0 Å². The Bertz CT molecular complexity index is 671. The molecule has 6 heteroatoms. The van der Waals surface area contributed by atoms with Crippen molar-refractivity contribution in [2.75, 3.05) is 5.32 Å². The molecule has 2 aromatic rings. The highest BCUT2D eigenvalue weighted by Gasteiger charge is 2.09. The molecule has 0 bridgehead atoms. The van der Waals surface area contributed by atoms with Gasteiger partial charge in [-0.25, -0.2) is 0 Å². The molecule has 20 heavy (non-hydrogen) atoms. The first-order chi connectivity index (χ1) is 9.61. The summed E-state index contributed by atoms with van der Waals surface area (Å²) < 4.78 is 0.793. The van der Waals surface area contributed by atoms with Crippen LogP contribution in [0.5, 0.6) is 0 Å². The van der Waals surface area contributed by atoms with Gasteiger partial charge in [-0.3, -0.25) is 4.79 Å². The molecule has 0 fully saturated rings. The maximum atomic E-state index is 12.2. The minimum absolute atomic E-state index is 0.0412. The molecule has 2 aromatic carbocycles. The number of hydrogen-bond acceptors (Lipinski definition) is 3. The van der Waals surface area contributed by atoms with Crippen molar-refractivity contribution in [3.05, 3.63) is 64.1 Å². The van der Waals surface area contributed by atoms with Crippen molar-refractivity contribution in [1.82, 2.24) is 0 Å². The molecular weight excluding hydrogens is 322 g/mol. The Morgan fingerprint density at radius 3 is 2.55 bits per heavy atom. The lowest BCUT2D eigenvalue weighted by atomic mass is 10.1. The van der Waals surface area contributed by atoms with Gasteiger partial charge in [0.15, 0.2) is 5.84 Å². The van der Waals surface area contributed by atoms with Crippen LogP contribution < -0.4 is 11.1 Å². The summed E-state index contributed by atoms with van der Waals surface area (Å²) in [7, 11) is 0. The van der Waals surface area contributed by atoms with Crippen molar-refractivity contribution in [3.63, 3.8) is 0 Å². The van der Waals surface area contributed by atoms with E-state index >= 15 is 0 Å². The van der Waals surface area contributed by atoms with E-state index in [1.165, 1.54) is 0 Å². The molecule has 5 nitrogen and oxygen atoms in total. The van der Waals surface area contributed by atoms with E-state index in [4.69, 9.17) is 10.9 Å². The van der Waals surface area contributed by atoms with Crippen LogP contribution in [0.15, 0.2) is 58.2 Å². The third kappa shape index (κ3) is 3.16. The van der Waals surface area contributed by atoms with Crippen LogP contribution in [0.25, 0.3) is 0 Å². The molecule has 0 unspecified atom stereocenters. The first-order valence-corrected chi connectivity index (χ1v) is 6.55. The van der Waals surface area contributed by atoms with Crippen molar-refractivity contribution in [2.45, 2.75) is 0 Å². The number of carbonyl (C=O) groups excluding carboxylic acids is 1. The van der Waals surface area contributed by atoms with E-state index in [0.717, 1.165) is 4.47 Å². The number of amides is 1. The average molecular weight is 334 g/mol. The number of benzene rings is 2. The molecule has 0 spiro atoms. The maximum Gasteiger partial charge on any atom is 0.255 e. The zero-order chi connectivity index (χ0) is 14.5. The number of carbonyl (C=O) groups is 1. The van der Waals surface area contributed by atoms with Crippen LogP contribution in [0.1, 0.15) is 15.9 Å². The lowest BCUT2D eigenvalue weighted by Crippen LogP contribution is -2.16. The van der Waals surface area contributed by atoms with Crippen LogP contribution >= 0.6 is 15.9 Å². The number of nitrogens with zero attached hydrogens (tertiary/aromatic N) is 1. The van der Waals surface area contributed by atoms with Gasteiger partial charge in [-0.2, -0.15) is 0 Å². The lowest BCUT2D eigenvalue weighted by molar-refractivity contribution is 0.102. The summed E-state index contributed by atoms with van der Waals surface area (Å²) in [4.78, 5) is 12.2. The molecular formula is C14H12BrN3O2. The topological polar surface area (TPSA) is 87.7 Å². The molecule has 0 aliphatic carbocycles. The summed E-state index contributed by atoms with van der Waals surface area (Å²) in [6.07, 6.45) is 0. The third-order valence-corrected chi connectivity index (χ3v) is 3.34. The zero-order valence-electron chi connectivity index (χ0n) is 10.4. The first-order valence-electron chi connectivity index (χ1n) is 5.75. The quantitative estimate of drug-likeness (QED) is 0.349. The molecule has 0 aliphatic heterocycles. The summed E-state index contributed by atoms with van der Waals surface area (Å²) in [5.74, 6) is -0.315. The average Bonchev–Trinajstić information content (AvgIpc) is 2.49. The Balaban J connectivity index is 2.24. The molecule has 0 atom stereocenters. The summed E-state index contributed by atoms with van der Waals surface area (Å²) >= 11 is 3.36. The summed E-state index contributed by atoms with van der Waals surface area (Å²) in [5, 5.41) is 14.3. The van der Waals surface area contributed by atoms with Crippen LogP contribution in [0.2, 0.25) is 0 Å². The van der Waals surface area contributed by atoms with Gasteiger partial charge in [0, 0.05) is 15.6 Å². The minimum atomic E-state index is -0.274. The van der Waals surface area contributed by atoms with E-state index in [1.54, 1.807) is 30.3 Å². The molecule has 0 aliphatic rings. The highest BCUT2D eigenvalue weighted by atomic mass is 79.9. The second-order valence-electron chi connectivity index (χ2n) is 4.00. The van der Waals surface area contributed by atoms with Crippen LogP contribution in [0.4, 0.5) is 5.69 Å². The van der Waals surface area contributed by atoms with Crippen LogP contribution in [-0.2, 0) is 0 Å². The fourth-order valence-electron chi connectivity index (χ4n) is 1.63.